The highest BCUT2D eigenvalue weighted by molar-refractivity contribution is 7.92. The maximum Gasteiger partial charge on any atom is 0.336 e. The van der Waals surface area contributed by atoms with Gasteiger partial charge in [0.1, 0.15) is 5.58 Å². The van der Waals surface area contributed by atoms with E-state index in [0.717, 1.165) is 30.5 Å². The Morgan fingerprint density at radius 3 is 2.32 bits per heavy atom. The number of sulfone groups is 1. The van der Waals surface area contributed by atoms with E-state index in [4.69, 9.17) is 4.42 Å². The summed E-state index contributed by atoms with van der Waals surface area (Å²) in [6.07, 6.45) is -2.33. The predicted octanol–water partition coefficient (Wildman–Crippen LogP) is 2.93. The summed E-state index contributed by atoms with van der Waals surface area (Å²) in [6, 6.07) is 9.03. The molecule has 1 N–H and O–H groups in total. The summed E-state index contributed by atoms with van der Waals surface area (Å²) < 4.78 is 81.9. The molecule has 0 aliphatic heterocycles. The highest BCUT2D eigenvalue weighted by atomic mass is 32.2. The molecule has 0 bridgehead atoms. The molecular formula is C17H13F2NO6S2. The predicted molar refractivity (Wildman–Crippen MR) is 97.8 cm³/mol. The van der Waals surface area contributed by atoms with Crippen LogP contribution in [0.25, 0.3) is 11.0 Å². The van der Waals surface area contributed by atoms with E-state index in [9.17, 15) is 30.4 Å². The van der Waals surface area contributed by atoms with Gasteiger partial charge >= 0.3 is 5.63 Å². The van der Waals surface area contributed by atoms with Crippen LogP contribution >= 0.6 is 0 Å². The van der Waals surface area contributed by atoms with Crippen molar-refractivity contribution in [3.8, 4) is 0 Å². The van der Waals surface area contributed by atoms with Gasteiger partial charge in [-0.3, -0.25) is 4.72 Å². The van der Waals surface area contributed by atoms with Crippen LogP contribution in [0.2, 0.25) is 0 Å². The molecule has 0 atom stereocenters. The van der Waals surface area contributed by atoms with Gasteiger partial charge in [0.25, 0.3) is 16.4 Å². The normalized spacial score (nSPS) is 12.4. The molecule has 7 nitrogen and oxygen atoms in total. The maximum absolute atomic E-state index is 13.2. The number of sulfonamides is 1. The second kappa shape index (κ2) is 6.99. The van der Waals surface area contributed by atoms with Gasteiger partial charge in [-0.25, -0.2) is 30.4 Å². The van der Waals surface area contributed by atoms with E-state index in [0.29, 0.717) is 5.39 Å². The van der Waals surface area contributed by atoms with Gasteiger partial charge in [0, 0.05) is 29.0 Å². The maximum atomic E-state index is 13.2. The summed E-state index contributed by atoms with van der Waals surface area (Å²) in [5.41, 5.74) is -1.43. The van der Waals surface area contributed by atoms with Crippen molar-refractivity contribution in [2.24, 2.45) is 0 Å². The molecule has 1 aromatic heterocycles. The third-order valence-corrected chi connectivity index (χ3v) is 6.35. The second-order valence-corrected chi connectivity index (χ2v) is 9.55. The topological polar surface area (TPSA) is 111 Å². The third-order valence-electron chi connectivity index (χ3n) is 3.80. The van der Waals surface area contributed by atoms with E-state index in [2.05, 4.69) is 4.72 Å². The van der Waals surface area contributed by atoms with Crippen LogP contribution < -0.4 is 10.3 Å². The number of hydrogen-bond acceptors (Lipinski definition) is 6. The van der Waals surface area contributed by atoms with Crippen LogP contribution in [0.1, 0.15) is 12.0 Å². The van der Waals surface area contributed by atoms with Gasteiger partial charge < -0.3 is 4.42 Å². The van der Waals surface area contributed by atoms with E-state index in [-0.39, 0.29) is 16.2 Å². The lowest BCUT2D eigenvalue weighted by Crippen LogP contribution is -2.14. The largest absolute Gasteiger partial charge is 0.423 e. The Morgan fingerprint density at radius 1 is 0.964 bits per heavy atom. The molecule has 2 aromatic carbocycles. The molecule has 0 saturated carbocycles. The molecule has 1 heterocycles. The average molecular weight is 429 g/mol. The van der Waals surface area contributed by atoms with Crippen molar-refractivity contribution < 1.29 is 30.0 Å². The Kier molecular flexibility index (Phi) is 4.98. The summed E-state index contributed by atoms with van der Waals surface area (Å²) in [4.78, 5) is 10.4. The summed E-state index contributed by atoms with van der Waals surface area (Å²) in [7, 11) is -8.08. The summed E-state index contributed by atoms with van der Waals surface area (Å²) >= 11 is 0. The molecule has 3 rings (SSSR count). The number of fused-ring (bicyclic) bond motifs is 1. The first kappa shape index (κ1) is 20.0. The molecule has 0 unspecified atom stereocenters. The first-order valence-electron chi connectivity index (χ1n) is 7.66. The number of halogens is 2. The number of alkyl halides is 2. The van der Waals surface area contributed by atoms with Crippen LogP contribution in [0.3, 0.4) is 0 Å². The van der Waals surface area contributed by atoms with Gasteiger partial charge in [-0.1, -0.05) is 0 Å². The number of nitrogens with one attached hydrogen (secondary N) is 1. The lowest BCUT2D eigenvalue weighted by molar-refractivity contribution is 0.148. The van der Waals surface area contributed by atoms with E-state index in [1.165, 1.54) is 24.3 Å². The minimum absolute atomic E-state index is 0.184. The van der Waals surface area contributed by atoms with Crippen LogP contribution in [0.4, 0.5) is 14.5 Å². The van der Waals surface area contributed by atoms with Crippen molar-refractivity contribution in [1.82, 2.24) is 0 Å². The van der Waals surface area contributed by atoms with Crippen molar-refractivity contribution >= 4 is 36.5 Å². The van der Waals surface area contributed by atoms with Crippen molar-refractivity contribution in [3.05, 3.63) is 64.5 Å². The van der Waals surface area contributed by atoms with E-state index in [1.54, 1.807) is 0 Å². The van der Waals surface area contributed by atoms with Gasteiger partial charge in [-0.15, -0.1) is 0 Å². The van der Waals surface area contributed by atoms with Crippen LogP contribution in [-0.2, 0) is 19.9 Å². The first-order valence-corrected chi connectivity index (χ1v) is 11.0. The van der Waals surface area contributed by atoms with Crippen LogP contribution in [0.15, 0.2) is 67.5 Å². The first-order chi connectivity index (χ1) is 13.0. The zero-order chi connectivity index (χ0) is 20.7. The molecule has 0 radical (unpaired) electrons. The van der Waals surface area contributed by atoms with Crippen LogP contribution in [-0.4, -0.2) is 23.1 Å². The standard InChI is InChI=1S/C17H13F2NO6S2/c1-27(22,23)15-6-3-11(9-13(15)17(18)19)20-28(24,25)12-4-5-14-10(8-12)2-7-16(21)26-14/h2-9,17,20H,1H3. The average Bonchev–Trinajstić information content (AvgIpc) is 2.59. The quantitative estimate of drug-likeness (QED) is 0.625. The number of anilines is 1. The second-order valence-electron chi connectivity index (χ2n) is 5.89. The van der Waals surface area contributed by atoms with Crippen molar-refractivity contribution in [2.45, 2.75) is 16.2 Å². The fourth-order valence-electron chi connectivity index (χ4n) is 2.55. The number of rotatable bonds is 5. The highest BCUT2D eigenvalue weighted by Gasteiger charge is 2.22. The summed E-state index contributed by atoms with van der Waals surface area (Å²) in [5.74, 6) is 0. The van der Waals surface area contributed by atoms with Gasteiger partial charge in [-0.2, -0.15) is 0 Å². The Morgan fingerprint density at radius 2 is 1.68 bits per heavy atom. The molecule has 0 amide bonds. The van der Waals surface area contributed by atoms with Crippen molar-refractivity contribution in [1.29, 1.82) is 0 Å². The van der Waals surface area contributed by atoms with Crippen LogP contribution in [0, 0.1) is 0 Å². The highest BCUT2D eigenvalue weighted by Crippen LogP contribution is 2.30. The van der Waals surface area contributed by atoms with Gasteiger partial charge in [0.05, 0.1) is 9.79 Å². The van der Waals surface area contributed by atoms with Gasteiger partial charge in [0.15, 0.2) is 9.84 Å². The van der Waals surface area contributed by atoms with E-state index < -0.39 is 42.4 Å². The summed E-state index contributed by atoms with van der Waals surface area (Å²) in [5, 5.41) is 0.350. The fraction of sp³-hybridized carbons (Fsp3) is 0.118. The van der Waals surface area contributed by atoms with E-state index >= 15 is 0 Å². The zero-order valence-corrected chi connectivity index (χ0v) is 15.9. The molecule has 0 aliphatic rings. The number of hydrogen-bond donors (Lipinski definition) is 1. The Hall–Kier alpha value is -2.79. The molecular weight excluding hydrogens is 416 g/mol. The molecule has 0 fully saturated rings. The SMILES string of the molecule is CS(=O)(=O)c1ccc(NS(=O)(=O)c2ccc3oc(=O)ccc3c2)cc1C(F)F. The molecule has 0 spiro atoms. The molecule has 28 heavy (non-hydrogen) atoms. The van der Waals surface area contributed by atoms with Gasteiger partial charge in [0.2, 0.25) is 0 Å². The zero-order valence-electron chi connectivity index (χ0n) is 14.2. The lowest BCUT2D eigenvalue weighted by atomic mass is 10.2. The molecule has 0 saturated heterocycles. The number of benzene rings is 2. The third kappa shape index (κ3) is 4.04. The molecule has 3 aromatic rings. The van der Waals surface area contributed by atoms with E-state index in [1.807, 2.05) is 0 Å². The smallest absolute Gasteiger partial charge is 0.336 e. The lowest BCUT2D eigenvalue weighted by Gasteiger charge is -2.12. The minimum Gasteiger partial charge on any atom is -0.423 e. The molecule has 148 valence electrons. The van der Waals surface area contributed by atoms with Crippen molar-refractivity contribution in [3.63, 3.8) is 0 Å². The molecule has 0 aliphatic carbocycles. The Labute approximate surface area is 158 Å². The minimum atomic E-state index is -4.17. The fourth-order valence-corrected chi connectivity index (χ4v) is 4.53. The Balaban J connectivity index is 2.01. The van der Waals surface area contributed by atoms with Crippen LogP contribution in [0.5, 0.6) is 0 Å². The monoisotopic (exact) mass is 429 g/mol. The molecule has 11 heteroatoms. The van der Waals surface area contributed by atoms with Gasteiger partial charge in [-0.05, 0) is 42.5 Å². The summed E-state index contributed by atoms with van der Waals surface area (Å²) in [6.45, 7) is 0. The Bertz CT molecular complexity index is 1330. The van der Waals surface area contributed by atoms with Crippen molar-refractivity contribution in [2.75, 3.05) is 11.0 Å².